The molecule has 4 rings (SSSR count). The molecule has 0 fully saturated rings. The van der Waals surface area contributed by atoms with E-state index >= 15 is 0 Å². The average molecular weight is 454 g/mol. The van der Waals surface area contributed by atoms with Crippen LogP contribution in [0.1, 0.15) is 5.69 Å². The molecule has 0 radical (unpaired) electrons. The number of nitrogens with zero attached hydrogens (tertiary/aromatic N) is 4. The van der Waals surface area contributed by atoms with E-state index < -0.39 is 22.6 Å². The molecule has 0 spiro atoms. The van der Waals surface area contributed by atoms with E-state index in [1.165, 1.54) is 41.7 Å². The number of nitrogens with one attached hydrogen (secondary N) is 2. The largest absolute Gasteiger partial charge is 0.347 e. The van der Waals surface area contributed by atoms with Crippen LogP contribution >= 0.6 is 11.3 Å². The van der Waals surface area contributed by atoms with Crippen molar-refractivity contribution < 1.29 is 18.9 Å². The number of rotatable bonds is 6. The number of amides is 2. The lowest BCUT2D eigenvalue weighted by Gasteiger charge is -2.06. The van der Waals surface area contributed by atoms with Gasteiger partial charge in [0.1, 0.15) is 11.5 Å². The number of aromatic nitrogens is 3. The van der Waals surface area contributed by atoms with Crippen molar-refractivity contribution in [2.45, 2.75) is 6.42 Å². The Balaban J connectivity index is 1.38. The van der Waals surface area contributed by atoms with Gasteiger partial charge in [0.2, 0.25) is 4.96 Å². The number of carbonyl (C=O) groups is 2. The van der Waals surface area contributed by atoms with Crippen LogP contribution in [0.5, 0.6) is 0 Å². The fraction of sp³-hybridized carbons (Fsp3) is 0.100. The molecule has 0 unspecified atom stereocenters. The molecule has 2 heterocycles. The van der Waals surface area contributed by atoms with E-state index in [0.29, 0.717) is 11.4 Å². The molecule has 0 aliphatic heterocycles. The molecule has 2 N–H and O–H groups in total. The summed E-state index contributed by atoms with van der Waals surface area (Å²) in [4.78, 5) is 39.4. The van der Waals surface area contributed by atoms with Gasteiger partial charge in [-0.25, -0.2) is 8.91 Å². The zero-order valence-electron chi connectivity index (χ0n) is 16.3. The molecule has 162 valence electrons. The minimum Gasteiger partial charge on any atom is -0.347 e. The number of para-hydroxylation sites is 2. The molecule has 2 aromatic carbocycles. The second-order valence-corrected chi connectivity index (χ2v) is 7.41. The first-order valence-electron chi connectivity index (χ1n) is 9.34. The summed E-state index contributed by atoms with van der Waals surface area (Å²) in [6.07, 6.45) is 0.338. The zero-order chi connectivity index (χ0) is 22.7. The molecule has 0 atom stereocenters. The van der Waals surface area contributed by atoms with Crippen LogP contribution in [-0.2, 0) is 16.0 Å². The van der Waals surface area contributed by atoms with E-state index in [1.807, 2.05) is 0 Å². The van der Waals surface area contributed by atoms with Crippen molar-refractivity contribution in [3.05, 3.63) is 75.5 Å². The number of fused-ring (bicyclic) bond motifs is 1. The van der Waals surface area contributed by atoms with Crippen molar-refractivity contribution in [3.63, 3.8) is 0 Å². The predicted molar refractivity (Wildman–Crippen MR) is 115 cm³/mol. The van der Waals surface area contributed by atoms with Crippen molar-refractivity contribution >= 4 is 39.5 Å². The van der Waals surface area contributed by atoms with E-state index in [4.69, 9.17) is 0 Å². The quantitative estimate of drug-likeness (QED) is 0.262. The van der Waals surface area contributed by atoms with Crippen LogP contribution in [0, 0.1) is 15.9 Å². The highest BCUT2D eigenvalue weighted by Crippen LogP contribution is 2.24. The first-order valence-corrected chi connectivity index (χ1v) is 10.2. The number of carbonyl (C=O) groups excluding carboxylic acids is 2. The number of benzene rings is 2. The highest BCUT2D eigenvalue weighted by molar-refractivity contribution is 7.15. The Kier molecular flexibility index (Phi) is 5.85. The van der Waals surface area contributed by atoms with Gasteiger partial charge in [-0.1, -0.05) is 24.3 Å². The van der Waals surface area contributed by atoms with Gasteiger partial charge < -0.3 is 10.6 Å². The van der Waals surface area contributed by atoms with Gasteiger partial charge in [-0.3, -0.25) is 19.7 Å². The van der Waals surface area contributed by atoms with E-state index in [1.54, 1.807) is 28.1 Å². The Hall–Kier alpha value is -4.19. The van der Waals surface area contributed by atoms with Crippen LogP contribution in [0.4, 0.5) is 15.8 Å². The van der Waals surface area contributed by atoms with Crippen LogP contribution in [0.3, 0.4) is 0 Å². The number of halogens is 1. The second-order valence-electron chi connectivity index (χ2n) is 6.57. The Labute approximate surface area is 183 Å². The molecule has 2 aromatic heterocycles. The normalized spacial score (nSPS) is 10.8. The third-order valence-corrected chi connectivity index (χ3v) is 5.35. The second kappa shape index (κ2) is 8.89. The van der Waals surface area contributed by atoms with Crippen molar-refractivity contribution in [1.29, 1.82) is 0 Å². The lowest BCUT2D eigenvalue weighted by molar-refractivity contribution is -0.383. The predicted octanol–water partition coefficient (Wildman–Crippen LogP) is 2.80. The minimum absolute atomic E-state index is 0.0690. The maximum absolute atomic E-state index is 14.0. The molecule has 10 nitrogen and oxygen atoms in total. The molecule has 32 heavy (non-hydrogen) atoms. The fourth-order valence-corrected chi connectivity index (χ4v) is 3.81. The Morgan fingerprint density at radius 2 is 1.88 bits per heavy atom. The van der Waals surface area contributed by atoms with Gasteiger partial charge in [0.25, 0.3) is 5.69 Å². The highest BCUT2D eigenvalue weighted by Gasteiger charge is 2.20. The van der Waals surface area contributed by atoms with Crippen molar-refractivity contribution in [2.75, 3.05) is 11.9 Å². The average Bonchev–Trinajstić information content (AvgIpc) is 3.35. The van der Waals surface area contributed by atoms with Gasteiger partial charge in [-0.05, 0) is 18.2 Å². The third-order valence-electron chi connectivity index (χ3n) is 4.49. The summed E-state index contributed by atoms with van der Waals surface area (Å²) in [5, 5.41) is 21.9. The molecule has 12 heteroatoms. The van der Waals surface area contributed by atoms with Crippen LogP contribution in [0.25, 0.3) is 16.3 Å². The molecule has 0 aliphatic carbocycles. The standard InChI is InChI=1S/C20H15FN6O4S/c21-14-6-2-1-5-13(14)17-24-20-26(25-17)12(11-32-20)9-10-22-18(28)19(29)23-15-7-3-4-8-16(15)27(30)31/h1-8,11H,9-10H2,(H,22,28)(H,23,29). The van der Waals surface area contributed by atoms with Gasteiger partial charge >= 0.3 is 11.8 Å². The summed E-state index contributed by atoms with van der Waals surface area (Å²) in [7, 11) is 0. The molecule has 0 saturated heterocycles. The van der Waals surface area contributed by atoms with E-state index in [-0.39, 0.29) is 29.3 Å². The summed E-state index contributed by atoms with van der Waals surface area (Å²) in [5.74, 6) is -2.12. The summed E-state index contributed by atoms with van der Waals surface area (Å²) in [6, 6.07) is 11.7. The Morgan fingerprint density at radius 1 is 1.12 bits per heavy atom. The smallest absolute Gasteiger partial charge is 0.313 e. The minimum atomic E-state index is -1.02. The molecule has 0 aliphatic rings. The van der Waals surface area contributed by atoms with Gasteiger partial charge in [-0.15, -0.1) is 16.4 Å². The van der Waals surface area contributed by atoms with E-state index in [2.05, 4.69) is 20.7 Å². The molecular weight excluding hydrogens is 439 g/mol. The topological polar surface area (TPSA) is 132 Å². The zero-order valence-corrected chi connectivity index (χ0v) is 17.1. The first-order chi connectivity index (χ1) is 15.4. The number of hydrogen-bond acceptors (Lipinski definition) is 7. The summed E-state index contributed by atoms with van der Waals surface area (Å²) >= 11 is 1.32. The van der Waals surface area contributed by atoms with Crippen LogP contribution in [0.2, 0.25) is 0 Å². The lowest BCUT2D eigenvalue weighted by atomic mass is 10.2. The highest BCUT2D eigenvalue weighted by atomic mass is 32.1. The van der Waals surface area contributed by atoms with E-state index in [9.17, 15) is 24.1 Å². The van der Waals surface area contributed by atoms with E-state index in [0.717, 1.165) is 5.69 Å². The number of nitro groups is 1. The van der Waals surface area contributed by atoms with Crippen LogP contribution in [0.15, 0.2) is 53.9 Å². The molecule has 0 saturated carbocycles. The maximum Gasteiger partial charge on any atom is 0.313 e. The SMILES string of the molecule is O=C(NCCc1csc2nc(-c3ccccc3F)nn12)C(=O)Nc1ccccc1[N+](=O)[O-]. The van der Waals surface area contributed by atoms with Crippen LogP contribution < -0.4 is 10.6 Å². The number of hydrogen-bond donors (Lipinski definition) is 2. The first kappa shape index (κ1) is 21.1. The van der Waals surface area contributed by atoms with Gasteiger partial charge in [0.15, 0.2) is 5.82 Å². The molecular formula is C20H15FN6O4S. The van der Waals surface area contributed by atoms with Crippen molar-refractivity contribution in [2.24, 2.45) is 0 Å². The Morgan fingerprint density at radius 3 is 2.66 bits per heavy atom. The van der Waals surface area contributed by atoms with Gasteiger partial charge in [0.05, 0.1) is 16.2 Å². The summed E-state index contributed by atoms with van der Waals surface area (Å²) in [5.41, 5.74) is 0.625. The summed E-state index contributed by atoms with van der Waals surface area (Å²) < 4.78 is 15.6. The van der Waals surface area contributed by atoms with Gasteiger partial charge in [0, 0.05) is 24.4 Å². The number of thiazole rings is 1. The van der Waals surface area contributed by atoms with Crippen LogP contribution in [-0.4, -0.2) is 37.9 Å². The third kappa shape index (κ3) is 4.30. The number of anilines is 1. The summed E-state index contributed by atoms with van der Waals surface area (Å²) in [6.45, 7) is 0.115. The molecule has 0 bridgehead atoms. The maximum atomic E-state index is 14.0. The van der Waals surface area contributed by atoms with Gasteiger partial charge in [-0.2, -0.15) is 4.98 Å². The fourth-order valence-electron chi connectivity index (χ4n) is 2.96. The Bertz CT molecular complexity index is 1330. The molecule has 2 amide bonds. The van der Waals surface area contributed by atoms with Crippen molar-refractivity contribution in [1.82, 2.24) is 19.9 Å². The monoisotopic (exact) mass is 454 g/mol. The van der Waals surface area contributed by atoms with Crippen molar-refractivity contribution in [3.8, 4) is 11.4 Å². The molecule has 4 aromatic rings. The number of nitro benzene ring substituents is 1. The lowest BCUT2D eigenvalue weighted by Crippen LogP contribution is -2.36.